The summed E-state index contributed by atoms with van der Waals surface area (Å²) in [5.41, 5.74) is 0.581. The Morgan fingerprint density at radius 1 is 0.581 bits per heavy atom. The second-order valence-electron chi connectivity index (χ2n) is 7.14. The van der Waals surface area contributed by atoms with E-state index < -0.39 is 26.1 Å². The molecule has 1 atom stereocenters. The van der Waals surface area contributed by atoms with Crippen LogP contribution in [0.5, 0.6) is 0 Å². The lowest BCUT2D eigenvalue weighted by Crippen LogP contribution is -2.39. The molecule has 4 aromatic carbocycles. The number of rotatable bonds is 6. The summed E-state index contributed by atoms with van der Waals surface area (Å²) in [6, 6.07) is 27.4. The van der Waals surface area contributed by atoms with Crippen LogP contribution in [0.25, 0.3) is 10.8 Å². The first-order valence-electron chi connectivity index (χ1n) is 9.70. The summed E-state index contributed by atoms with van der Waals surface area (Å²) in [4.78, 5) is -0.163. The van der Waals surface area contributed by atoms with Gasteiger partial charge in [-0.2, -0.15) is 0 Å². The maximum atomic E-state index is 13.6. The van der Waals surface area contributed by atoms with Gasteiger partial charge in [0, 0.05) is 0 Å². The predicted molar refractivity (Wildman–Crippen MR) is 121 cm³/mol. The molecule has 0 aliphatic rings. The molecule has 0 saturated heterocycles. The van der Waals surface area contributed by atoms with Crippen LogP contribution >= 0.6 is 0 Å². The summed E-state index contributed by atoms with van der Waals surface area (Å²) in [6.07, 6.45) is 0. The lowest BCUT2D eigenvalue weighted by Gasteiger charge is -2.28. The number of hydrogen-bond donors (Lipinski definition) is 0. The molecule has 7 heteroatoms. The average molecular weight is 452 g/mol. The molecule has 0 aliphatic heterocycles. The number of hydrogen-bond acceptors (Lipinski definition) is 4. The zero-order valence-corrected chi connectivity index (χ0v) is 18.4. The first kappa shape index (κ1) is 21.2. The van der Waals surface area contributed by atoms with E-state index in [1.165, 1.54) is 24.3 Å². The lowest BCUT2D eigenvalue weighted by molar-refractivity contribution is 0.448. The third-order valence-corrected chi connectivity index (χ3v) is 9.62. The molecule has 31 heavy (non-hydrogen) atoms. The van der Waals surface area contributed by atoms with Crippen LogP contribution in [0.15, 0.2) is 113 Å². The number of sulfonamides is 2. The molecular weight excluding hydrogens is 430 g/mol. The van der Waals surface area contributed by atoms with E-state index in [0.29, 0.717) is 9.27 Å². The Labute approximate surface area is 182 Å². The zero-order chi connectivity index (χ0) is 22.1. The van der Waals surface area contributed by atoms with Crippen molar-refractivity contribution in [2.45, 2.75) is 22.8 Å². The minimum Gasteiger partial charge on any atom is -0.206 e. The van der Waals surface area contributed by atoms with Gasteiger partial charge in [-0.3, -0.25) is 0 Å². The third-order valence-electron chi connectivity index (χ3n) is 5.13. The Bertz CT molecular complexity index is 1350. The van der Waals surface area contributed by atoms with E-state index in [4.69, 9.17) is 0 Å². The van der Waals surface area contributed by atoms with Crippen molar-refractivity contribution < 1.29 is 16.8 Å². The molecule has 0 bridgehead atoms. The van der Waals surface area contributed by atoms with Crippen molar-refractivity contribution in [2.24, 2.45) is 0 Å². The van der Waals surface area contributed by atoms with Crippen LogP contribution in [0.2, 0.25) is 0 Å². The molecule has 0 saturated carbocycles. The van der Waals surface area contributed by atoms with E-state index in [1.54, 1.807) is 49.4 Å². The summed E-state index contributed by atoms with van der Waals surface area (Å²) >= 11 is 0. The van der Waals surface area contributed by atoms with Gasteiger partial charge in [0.05, 0.1) is 15.8 Å². The fraction of sp³-hybridized carbons (Fsp3) is 0.0833. The molecule has 4 rings (SSSR count). The molecule has 4 aromatic rings. The molecular formula is C24H21NO4S2. The van der Waals surface area contributed by atoms with Crippen LogP contribution in [-0.4, -0.2) is 20.5 Å². The molecule has 158 valence electrons. The Balaban J connectivity index is 1.91. The zero-order valence-electron chi connectivity index (χ0n) is 16.8. The highest BCUT2D eigenvalue weighted by Crippen LogP contribution is 2.34. The summed E-state index contributed by atoms with van der Waals surface area (Å²) < 4.78 is 54.9. The van der Waals surface area contributed by atoms with Crippen molar-refractivity contribution >= 4 is 30.8 Å². The molecule has 5 nitrogen and oxygen atoms in total. The van der Waals surface area contributed by atoms with Gasteiger partial charge < -0.3 is 0 Å². The standard InChI is InChI=1S/C24H21NO4S2/c1-19(21-17-16-20-10-8-9-11-22(20)18-21)25(30(26,27)23-12-4-2-5-13-23)31(28,29)24-14-6-3-7-15-24/h2-19H,1H3. The van der Waals surface area contributed by atoms with Gasteiger partial charge in [0.1, 0.15) is 0 Å². The number of nitrogens with zero attached hydrogens (tertiary/aromatic N) is 1. The Morgan fingerprint density at radius 2 is 1.03 bits per heavy atom. The van der Waals surface area contributed by atoms with Gasteiger partial charge in [-0.05, 0) is 53.6 Å². The minimum absolute atomic E-state index is 0.0813. The van der Waals surface area contributed by atoms with Gasteiger partial charge in [-0.25, -0.2) is 16.8 Å². The van der Waals surface area contributed by atoms with Crippen molar-refractivity contribution in [1.29, 1.82) is 0 Å². The normalized spacial score (nSPS) is 13.4. The molecule has 0 fully saturated rings. The SMILES string of the molecule is CC(c1ccc2ccccc2c1)N(S(=O)(=O)c1ccccc1)S(=O)(=O)c1ccccc1. The second-order valence-corrected chi connectivity index (χ2v) is 11.0. The van der Waals surface area contributed by atoms with Crippen molar-refractivity contribution in [3.63, 3.8) is 0 Å². The summed E-state index contributed by atoms with van der Waals surface area (Å²) in [5.74, 6) is 0. The van der Waals surface area contributed by atoms with Crippen molar-refractivity contribution in [3.05, 3.63) is 109 Å². The predicted octanol–water partition coefficient (Wildman–Crippen LogP) is 4.98. The molecule has 0 spiro atoms. The highest BCUT2D eigenvalue weighted by atomic mass is 32.3. The monoisotopic (exact) mass is 451 g/mol. The average Bonchev–Trinajstić information content (AvgIpc) is 2.79. The van der Waals surface area contributed by atoms with Crippen molar-refractivity contribution in [2.75, 3.05) is 0 Å². The van der Waals surface area contributed by atoms with Crippen LogP contribution in [0.4, 0.5) is 0 Å². The highest BCUT2D eigenvalue weighted by Gasteiger charge is 2.41. The number of fused-ring (bicyclic) bond motifs is 1. The van der Waals surface area contributed by atoms with E-state index in [9.17, 15) is 16.8 Å². The Hall–Kier alpha value is -3.00. The fourth-order valence-corrected chi connectivity index (χ4v) is 7.57. The van der Waals surface area contributed by atoms with E-state index in [1.807, 2.05) is 36.4 Å². The molecule has 0 aromatic heterocycles. The molecule has 0 heterocycles. The summed E-state index contributed by atoms with van der Waals surface area (Å²) in [6.45, 7) is 1.59. The number of benzene rings is 4. The van der Waals surface area contributed by atoms with Gasteiger partial charge >= 0.3 is 0 Å². The van der Waals surface area contributed by atoms with Crippen LogP contribution in [-0.2, 0) is 20.0 Å². The summed E-state index contributed by atoms with van der Waals surface area (Å²) in [5, 5.41) is 1.89. The Morgan fingerprint density at radius 3 is 1.55 bits per heavy atom. The molecule has 0 N–H and O–H groups in total. The largest absolute Gasteiger partial charge is 0.256 e. The van der Waals surface area contributed by atoms with Gasteiger partial charge in [0.25, 0.3) is 20.0 Å². The van der Waals surface area contributed by atoms with Gasteiger partial charge in [-0.1, -0.05) is 76.5 Å². The first-order valence-corrected chi connectivity index (χ1v) is 12.6. The van der Waals surface area contributed by atoms with Crippen molar-refractivity contribution in [1.82, 2.24) is 3.71 Å². The lowest BCUT2D eigenvalue weighted by atomic mass is 10.0. The van der Waals surface area contributed by atoms with E-state index >= 15 is 0 Å². The second kappa shape index (κ2) is 8.26. The van der Waals surface area contributed by atoms with Crippen LogP contribution in [0.3, 0.4) is 0 Å². The topological polar surface area (TPSA) is 71.5 Å². The van der Waals surface area contributed by atoms with E-state index in [-0.39, 0.29) is 9.79 Å². The van der Waals surface area contributed by atoms with Gasteiger partial charge in [0.2, 0.25) is 0 Å². The molecule has 0 amide bonds. The van der Waals surface area contributed by atoms with Gasteiger partial charge in [0.15, 0.2) is 0 Å². The fourth-order valence-electron chi connectivity index (χ4n) is 3.53. The first-order chi connectivity index (χ1) is 14.8. The maximum Gasteiger partial charge on any atom is 0.256 e. The van der Waals surface area contributed by atoms with Crippen LogP contribution < -0.4 is 0 Å². The smallest absolute Gasteiger partial charge is 0.206 e. The maximum absolute atomic E-state index is 13.6. The van der Waals surface area contributed by atoms with Crippen molar-refractivity contribution in [3.8, 4) is 0 Å². The highest BCUT2D eigenvalue weighted by molar-refractivity contribution is 8.04. The van der Waals surface area contributed by atoms with Crippen LogP contribution in [0.1, 0.15) is 18.5 Å². The quantitative estimate of drug-likeness (QED) is 0.414. The molecule has 0 radical (unpaired) electrons. The van der Waals surface area contributed by atoms with E-state index in [0.717, 1.165) is 10.8 Å². The molecule has 1 unspecified atom stereocenters. The van der Waals surface area contributed by atoms with E-state index in [2.05, 4.69) is 0 Å². The third kappa shape index (κ3) is 3.99. The summed E-state index contributed by atoms with van der Waals surface area (Å²) in [7, 11) is -8.72. The minimum atomic E-state index is -4.36. The molecule has 0 aliphatic carbocycles. The Kier molecular flexibility index (Phi) is 5.66. The van der Waals surface area contributed by atoms with Gasteiger partial charge in [-0.15, -0.1) is 0 Å². The van der Waals surface area contributed by atoms with Crippen LogP contribution in [0, 0.1) is 0 Å².